The van der Waals surface area contributed by atoms with Crippen molar-refractivity contribution >= 4 is 17.5 Å². The molecule has 1 atom stereocenters. The van der Waals surface area contributed by atoms with Crippen LogP contribution in [0, 0.1) is 5.92 Å². The Labute approximate surface area is 137 Å². The zero-order chi connectivity index (χ0) is 16.8. The largest absolute Gasteiger partial charge is 0.484 e. The molecule has 1 heterocycles. The van der Waals surface area contributed by atoms with Crippen LogP contribution in [-0.2, 0) is 16.0 Å². The van der Waals surface area contributed by atoms with Crippen LogP contribution in [0.1, 0.15) is 45.6 Å². The number of amides is 2. The van der Waals surface area contributed by atoms with Gasteiger partial charge in [0.1, 0.15) is 5.75 Å². The highest BCUT2D eigenvalue weighted by atomic mass is 16.5. The van der Waals surface area contributed by atoms with Gasteiger partial charge >= 0.3 is 0 Å². The van der Waals surface area contributed by atoms with Crippen molar-refractivity contribution in [3.8, 4) is 5.75 Å². The van der Waals surface area contributed by atoms with E-state index in [-0.39, 0.29) is 24.5 Å². The van der Waals surface area contributed by atoms with E-state index in [0.717, 1.165) is 24.1 Å². The highest BCUT2D eigenvalue weighted by Crippen LogP contribution is 2.26. The Morgan fingerprint density at radius 1 is 1.26 bits per heavy atom. The summed E-state index contributed by atoms with van der Waals surface area (Å²) in [5, 5.41) is 5.78. The molecule has 0 bridgehead atoms. The molecule has 1 aromatic rings. The van der Waals surface area contributed by atoms with Gasteiger partial charge in [-0.2, -0.15) is 0 Å². The molecule has 0 spiro atoms. The Morgan fingerprint density at radius 2 is 2.04 bits per heavy atom. The smallest absolute Gasteiger partial charge is 0.258 e. The van der Waals surface area contributed by atoms with Crippen molar-refractivity contribution in [2.45, 2.75) is 52.5 Å². The molecular formula is C18H26N2O3. The summed E-state index contributed by atoms with van der Waals surface area (Å²) < 4.78 is 5.56. The maximum Gasteiger partial charge on any atom is 0.258 e. The molecule has 0 aromatic heterocycles. The van der Waals surface area contributed by atoms with Crippen LogP contribution in [0.5, 0.6) is 5.75 Å². The van der Waals surface area contributed by atoms with Crippen LogP contribution in [0.4, 0.5) is 5.69 Å². The number of carbonyl (C=O) groups is 2. The molecule has 5 heteroatoms. The Balaban J connectivity index is 1.79. The number of hydrogen-bond acceptors (Lipinski definition) is 3. The molecule has 2 rings (SSSR count). The molecule has 126 valence electrons. The minimum atomic E-state index is -0.104. The van der Waals surface area contributed by atoms with Crippen molar-refractivity contribution in [2.24, 2.45) is 5.92 Å². The maximum absolute atomic E-state index is 11.9. The van der Waals surface area contributed by atoms with Crippen LogP contribution >= 0.6 is 0 Å². The third kappa shape index (κ3) is 5.58. The van der Waals surface area contributed by atoms with Crippen LogP contribution in [0.3, 0.4) is 0 Å². The molecular weight excluding hydrogens is 292 g/mol. The van der Waals surface area contributed by atoms with Crippen LogP contribution in [0.2, 0.25) is 0 Å². The first kappa shape index (κ1) is 17.3. The van der Waals surface area contributed by atoms with Gasteiger partial charge in [-0.05, 0) is 55.9 Å². The molecule has 1 aliphatic heterocycles. The van der Waals surface area contributed by atoms with Crippen molar-refractivity contribution in [3.05, 3.63) is 23.8 Å². The Bertz CT molecular complexity index is 569. The fraction of sp³-hybridized carbons (Fsp3) is 0.556. The molecule has 0 saturated carbocycles. The summed E-state index contributed by atoms with van der Waals surface area (Å²) in [4.78, 5) is 23.2. The van der Waals surface area contributed by atoms with Gasteiger partial charge < -0.3 is 15.4 Å². The lowest BCUT2D eigenvalue weighted by molar-refractivity contribution is -0.123. The third-order valence-electron chi connectivity index (χ3n) is 3.93. The highest BCUT2D eigenvalue weighted by Gasteiger charge is 2.15. The second kappa shape index (κ2) is 7.99. The monoisotopic (exact) mass is 318 g/mol. The predicted molar refractivity (Wildman–Crippen MR) is 90.6 cm³/mol. The first-order valence-corrected chi connectivity index (χ1v) is 8.29. The van der Waals surface area contributed by atoms with E-state index in [1.807, 2.05) is 19.1 Å². The number of carbonyl (C=O) groups excluding carboxylic acids is 2. The Hall–Kier alpha value is -2.04. The number of benzene rings is 1. The van der Waals surface area contributed by atoms with E-state index >= 15 is 0 Å². The number of hydrogen-bond donors (Lipinski definition) is 2. The number of ether oxygens (including phenoxy) is 1. The molecule has 1 aromatic carbocycles. The van der Waals surface area contributed by atoms with E-state index in [2.05, 4.69) is 24.5 Å². The number of anilines is 1. The molecule has 0 fully saturated rings. The van der Waals surface area contributed by atoms with Gasteiger partial charge in [-0.25, -0.2) is 0 Å². The second-order valence-electron chi connectivity index (χ2n) is 6.60. The van der Waals surface area contributed by atoms with E-state index in [0.29, 0.717) is 24.5 Å². The van der Waals surface area contributed by atoms with Gasteiger partial charge in [-0.3, -0.25) is 9.59 Å². The molecule has 0 saturated heterocycles. The predicted octanol–water partition coefficient (Wildman–Crippen LogP) is 2.89. The van der Waals surface area contributed by atoms with Crippen molar-refractivity contribution in [1.29, 1.82) is 0 Å². The van der Waals surface area contributed by atoms with E-state index in [9.17, 15) is 9.59 Å². The lowest BCUT2D eigenvalue weighted by atomic mass is 10.0. The molecule has 0 unspecified atom stereocenters. The fourth-order valence-corrected chi connectivity index (χ4v) is 2.57. The molecule has 0 aliphatic carbocycles. The van der Waals surface area contributed by atoms with Gasteiger partial charge in [0.15, 0.2) is 6.61 Å². The summed E-state index contributed by atoms with van der Waals surface area (Å²) in [6.45, 7) is 6.38. The van der Waals surface area contributed by atoms with Gasteiger partial charge in [0.2, 0.25) is 5.91 Å². The lowest BCUT2D eigenvalue weighted by Crippen LogP contribution is -2.36. The van der Waals surface area contributed by atoms with Crippen molar-refractivity contribution in [3.63, 3.8) is 0 Å². The number of aryl methyl sites for hydroxylation is 1. The molecule has 2 N–H and O–H groups in total. The standard InChI is InChI=1S/C18H26N2O3/c1-12(2)4-5-13(3)19-18(22)11-23-15-7-8-16-14(10-15)6-9-17(21)20-16/h7-8,10,12-13H,4-6,9,11H2,1-3H3,(H,19,22)(H,20,21)/t13-/m0/s1. The minimum absolute atomic E-state index is 0.0111. The highest BCUT2D eigenvalue weighted by molar-refractivity contribution is 5.94. The van der Waals surface area contributed by atoms with Crippen LogP contribution in [-0.4, -0.2) is 24.5 Å². The number of fused-ring (bicyclic) bond motifs is 1. The zero-order valence-corrected chi connectivity index (χ0v) is 14.1. The summed E-state index contributed by atoms with van der Waals surface area (Å²) in [7, 11) is 0. The molecule has 0 radical (unpaired) electrons. The van der Waals surface area contributed by atoms with Crippen LogP contribution in [0.25, 0.3) is 0 Å². The quantitative estimate of drug-likeness (QED) is 0.812. The van der Waals surface area contributed by atoms with E-state index in [1.165, 1.54) is 0 Å². The summed E-state index contributed by atoms with van der Waals surface area (Å²) in [5.41, 5.74) is 1.88. The van der Waals surface area contributed by atoms with Crippen molar-refractivity contribution in [1.82, 2.24) is 5.32 Å². The summed E-state index contributed by atoms with van der Waals surface area (Å²) in [5.74, 6) is 1.24. The average Bonchev–Trinajstić information content (AvgIpc) is 2.51. The summed E-state index contributed by atoms with van der Waals surface area (Å²) >= 11 is 0. The summed E-state index contributed by atoms with van der Waals surface area (Å²) in [6, 6.07) is 5.65. The molecule has 5 nitrogen and oxygen atoms in total. The average molecular weight is 318 g/mol. The summed E-state index contributed by atoms with van der Waals surface area (Å²) in [6.07, 6.45) is 3.27. The topological polar surface area (TPSA) is 67.4 Å². The zero-order valence-electron chi connectivity index (χ0n) is 14.1. The molecule has 1 aliphatic rings. The van der Waals surface area contributed by atoms with Gasteiger partial charge in [0.25, 0.3) is 5.91 Å². The maximum atomic E-state index is 11.9. The van der Waals surface area contributed by atoms with Gasteiger partial charge in [0, 0.05) is 18.2 Å². The van der Waals surface area contributed by atoms with E-state index in [1.54, 1.807) is 6.07 Å². The Kier molecular flexibility index (Phi) is 6.02. The van der Waals surface area contributed by atoms with Crippen molar-refractivity contribution in [2.75, 3.05) is 11.9 Å². The normalized spacial score (nSPS) is 14.9. The third-order valence-corrected chi connectivity index (χ3v) is 3.93. The van der Waals surface area contributed by atoms with E-state index in [4.69, 9.17) is 4.74 Å². The van der Waals surface area contributed by atoms with Gasteiger partial charge in [-0.1, -0.05) is 13.8 Å². The van der Waals surface area contributed by atoms with Crippen LogP contribution < -0.4 is 15.4 Å². The first-order chi connectivity index (χ1) is 10.9. The van der Waals surface area contributed by atoms with Gasteiger partial charge in [-0.15, -0.1) is 0 Å². The molecule has 2 amide bonds. The molecule has 23 heavy (non-hydrogen) atoms. The Morgan fingerprint density at radius 3 is 2.78 bits per heavy atom. The lowest BCUT2D eigenvalue weighted by Gasteiger charge is -2.18. The fourth-order valence-electron chi connectivity index (χ4n) is 2.57. The number of rotatable bonds is 7. The second-order valence-corrected chi connectivity index (χ2v) is 6.60. The minimum Gasteiger partial charge on any atom is -0.484 e. The van der Waals surface area contributed by atoms with E-state index < -0.39 is 0 Å². The van der Waals surface area contributed by atoms with Crippen LogP contribution in [0.15, 0.2) is 18.2 Å². The van der Waals surface area contributed by atoms with Crippen molar-refractivity contribution < 1.29 is 14.3 Å². The number of nitrogens with one attached hydrogen (secondary N) is 2. The SMILES string of the molecule is CC(C)CC[C@H](C)NC(=O)COc1ccc2c(c1)CCC(=O)N2. The van der Waals surface area contributed by atoms with Gasteiger partial charge in [0.05, 0.1) is 0 Å². The first-order valence-electron chi connectivity index (χ1n) is 8.29.